The molecular weight excluding hydrogens is 360 g/mol. The third kappa shape index (κ3) is 3.52. The van der Waals surface area contributed by atoms with Crippen LogP contribution in [-0.2, 0) is 0 Å². The normalized spacial score (nSPS) is 15.0. The second-order valence-electron chi connectivity index (χ2n) is 7.12. The smallest absolute Gasteiger partial charge is 0.253 e. The lowest BCUT2D eigenvalue weighted by Gasteiger charge is -2.31. The van der Waals surface area contributed by atoms with Crippen LogP contribution in [0.3, 0.4) is 0 Å². The summed E-state index contributed by atoms with van der Waals surface area (Å²) in [5.41, 5.74) is 0.402. The number of piperidine rings is 1. The molecule has 3 aromatic rings. The Balaban J connectivity index is 1.45. The van der Waals surface area contributed by atoms with Crippen molar-refractivity contribution >= 4 is 22.5 Å². The molecule has 4 rings (SSSR count). The van der Waals surface area contributed by atoms with Gasteiger partial charge < -0.3 is 4.90 Å². The summed E-state index contributed by atoms with van der Waals surface area (Å²) in [5.74, 6) is -2.21. The molecule has 3 aromatic carbocycles. The van der Waals surface area contributed by atoms with Gasteiger partial charge in [0.15, 0.2) is 5.78 Å². The van der Waals surface area contributed by atoms with Gasteiger partial charge in [-0.2, -0.15) is 0 Å². The SMILES string of the molecule is O=C(c1cc(F)ccc1F)C1CCN(C(=O)c2ccc3ccccc3c2)CC1. The number of hydrogen-bond donors (Lipinski definition) is 0. The average molecular weight is 379 g/mol. The zero-order valence-electron chi connectivity index (χ0n) is 15.2. The molecule has 1 heterocycles. The monoisotopic (exact) mass is 379 g/mol. The standard InChI is InChI=1S/C23H19F2NO2/c24-19-7-8-21(25)20(14-19)22(27)16-9-11-26(12-10-16)23(28)18-6-5-15-3-1-2-4-17(15)13-18/h1-8,13-14,16H,9-12H2. The van der Waals surface area contributed by atoms with Crippen LogP contribution in [-0.4, -0.2) is 29.7 Å². The molecule has 1 aliphatic rings. The number of benzene rings is 3. The third-order valence-electron chi connectivity index (χ3n) is 5.34. The summed E-state index contributed by atoms with van der Waals surface area (Å²) in [6.45, 7) is 0.831. The summed E-state index contributed by atoms with van der Waals surface area (Å²) in [6.07, 6.45) is 0.877. The van der Waals surface area contributed by atoms with E-state index in [0.717, 1.165) is 29.0 Å². The molecule has 0 radical (unpaired) electrons. The predicted molar refractivity (Wildman–Crippen MR) is 103 cm³/mol. The van der Waals surface area contributed by atoms with Crippen molar-refractivity contribution in [2.75, 3.05) is 13.1 Å². The third-order valence-corrected chi connectivity index (χ3v) is 5.34. The average Bonchev–Trinajstić information content (AvgIpc) is 2.74. The van der Waals surface area contributed by atoms with Crippen molar-refractivity contribution in [2.24, 2.45) is 5.92 Å². The van der Waals surface area contributed by atoms with Gasteiger partial charge in [0.1, 0.15) is 11.6 Å². The minimum atomic E-state index is -0.707. The molecule has 28 heavy (non-hydrogen) atoms. The van der Waals surface area contributed by atoms with Crippen LogP contribution in [0.2, 0.25) is 0 Å². The Hall–Kier alpha value is -3.08. The van der Waals surface area contributed by atoms with E-state index in [0.29, 0.717) is 31.5 Å². The van der Waals surface area contributed by atoms with E-state index in [1.165, 1.54) is 0 Å². The van der Waals surface area contributed by atoms with Gasteiger partial charge in [-0.1, -0.05) is 30.3 Å². The molecule has 1 fully saturated rings. The fraction of sp³-hybridized carbons (Fsp3) is 0.217. The number of halogens is 2. The van der Waals surface area contributed by atoms with Crippen molar-refractivity contribution in [3.8, 4) is 0 Å². The zero-order valence-corrected chi connectivity index (χ0v) is 15.2. The first-order chi connectivity index (χ1) is 13.5. The highest BCUT2D eigenvalue weighted by molar-refractivity contribution is 6.00. The number of Topliss-reactive ketones (excluding diaryl/α,β-unsaturated/α-hetero) is 1. The Morgan fingerprint density at radius 2 is 1.57 bits per heavy atom. The Kier molecular flexibility index (Phi) is 4.90. The molecule has 142 valence electrons. The molecule has 3 nitrogen and oxygen atoms in total. The summed E-state index contributed by atoms with van der Waals surface area (Å²) in [5, 5.41) is 2.07. The Labute approximate surface area is 161 Å². The van der Waals surface area contributed by atoms with Crippen molar-refractivity contribution in [3.05, 3.63) is 83.4 Å². The molecule has 0 bridgehead atoms. The molecule has 0 N–H and O–H groups in total. The first-order valence-corrected chi connectivity index (χ1v) is 9.30. The van der Waals surface area contributed by atoms with E-state index in [4.69, 9.17) is 0 Å². The van der Waals surface area contributed by atoms with Gasteiger partial charge in [-0.05, 0) is 53.9 Å². The van der Waals surface area contributed by atoms with Crippen LogP contribution in [0.15, 0.2) is 60.7 Å². The molecular formula is C23H19F2NO2. The number of carbonyl (C=O) groups excluding carboxylic acids is 2. The number of rotatable bonds is 3. The van der Waals surface area contributed by atoms with Gasteiger partial charge in [0, 0.05) is 24.6 Å². The van der Waals surface area contributed by atoms with Gasteiger partial charge in [0.05, 0.1) is 5.56 Å². The van der Waals surface area contributed by atoms with Gasteiger partial charge in [-0.3, -0.25) is 9.59 Å². The van der Waals surface area contributed by atoms with Crippen LogP contribution in [0.4, 0.5) is 8.78 Å². The lowest BCUT2D eigenvalue weighted by Crippen LogP contribution is -2.40. The molecule has 0 atom stereocenters. The van der Waals surface area contributed by atoms with E-state index in [1.807, 2.05) is 42.5 Å². The van der Waals surface area contributed by atoms with Gasteiger partial charge >= 0.3 is 0 Å². The second kappa shape index (κ2) is 7.50. The largest absolute Gasteiger partial charge is 0.339 e. The maximum atomic E-state index is 13.9. The molecule has 0 spiro atoms. The molecule has 5 heteroatoms. The van der Waals surface area contributed by atoms with Crippen LogP contribution < -0.4 is 0 Å². The fourth-order valence-electron chi connectivity index (χ4n) is 3.76. The molecule has 1 amide bonds. The first-order valence-electron chi connectivity index (χ1n) is 9.30. The molecule has 0 saturated carbocycles. The van der Waals surface area contributed by atoms with E-state index in [-0.39, 0.29) is 11.5 Å². The first kappa shape index (κ1) is 18.3. The van der Waals surface area contributed by atoms with E-state index in [2.05, 4.69) is 0 Å². The molecule has 0 unspecified atom stereocenters. The molecule has 1 saturated heterocycles. The van der Waals surface area contributed by atoms with Crippen LogP contribution in [0.25, 0.3) is 10.8 Å². The summed E-state index contributed by atoms with van der Waals surface area (Å²) < 4.78 is 27.2. The molecule has 0 aromatic heterocycles. The number of carbonyl (C=O) groups is 2. The molecule has 0 aliphatic carbocycles. The van der Waals surface area contributed by atoms with Crippen LogP contribution in [0.1, 0.15) is 33.6 Å². The van der Waals surface area contributed by atoms with Crippen molar-refractivity contribution in [3.63, 3.8) is 0 Å². The van der Waals surface area contributed by atoms with Crippen molar-refractivity contribution < 1.29 is 18.4 Å². The van der Waals surface area contributed by atoms with E-state index >= 15 is 0 Å². The second-order valence-corrected chi connectivity index (χ2v) is 7.12. The van der Waals surface area contributed by atoms with E-state index in [1.54, 1.807) is 4.90 Å². The van der Waals surface area contributed by atoms with Gasteiger partial charge in [0.25, 0.3) is 5.91 Å². The summed E-state index contributed by atoms with van der Waals surface area (Å²) in [7, 11) is 0. The van der Waals surface area contributed by atoms with E-state index in [9.17, 15) is 18.4 Å². The number of hydrogen-bond acceptors (Lipinski definition) is 2. The Bertz CT molecular complexity index is 1060. The van der Waals surface area contributed by atoms with Crippen LogP contribution in [0.5, 0.6) is 0 Å². The number of ketones is 1. The van der Waals surface area contributed by atoms with Crippen LogP contribution >= 0.6 is 0 Å². The highest BCUT2D eigenvalue weighted by Crippen LogP contribution is 2.25. The minimum absolute atomic E-state index is 0.0754. The number of likely N-dealkylation sites (tertiary alicyclic amines) is 1. The lowest BCUT2D eigenvalue weighted by atomic mass is 9.88. The fourth-order valence-corrected chi connectivity index (χ4v) is 3.76. The molecule has 1 aliphatic heterocycles. The topological polar surface area (TPSA) is 37.4 Å². The van der Waals surface area contributed by atoms with Crippen molar-refractivity contribution in [1.82, 2.24) is 4.90 Å². The van der Waals surface area contributed by atoms with Gasteiger partial charge in [0.2, 0.25) is 0 Å². The number of amides is 1. The van der Waals surface area contributed by atoms with Gasteiger partial charge in [-0.15, -0.1) is 0 Å². The maximum Gasteiger partial charge on any atom is 0.253 e. The summed E-state index contributed by atoms with van der Waals surface area (Å²) in [6, 6.07) is 16.4. The van der Waals surface area contributed by atoms with Gasteiger partial charge in [-0.25, -0.2) is 8.78 Å². The number of nitrogens with zero attached hydrogens (tertiary/aromatic N) is 1. The van der Waals surface area contributed by atoms with E-state index < -0.39 is 23.3 Å². The highest BCUT2D eigenvalue weighted by Gasteiger charge is 2.29. The predicted octanol–water partition coefficient (Wildman–Crippen LogP) is 4.85. The van der Waals surface area contributed by atoms with Crippen LogP contribution in [0, 0.1) is 17.6 Å². The Morgan fingerprint density at radius 1 is 0.857 bits per heavy atom. The summed E-state index contributed by atoms with van der Waals surface area (Å²) >= 11 is 0. The minimum Gasteiger partial charge on any atom is -0.339 e. The number of fused-ring (bicyclic) bond motifs is 1. The lowest BCUT2D eigenvalue weighted by molar-refractivity contribution is 0.0649. The van der Waals surface area contributed by atoms with Crippen molar-refractivity contribution in [1.29, 1.82) is 0 Å². The zero-order chi connectivity index (χ0) is 19.7. The maximum absolute atomic E-state index is 13.9. The summed E-state index contributed by atoms with van der Waals surface area (Å²) in [4.78, 5) is 27.1. The Morgan fingerprint density at radius 3 is 2.32 bits per heavy atom. The highest BCUT2D eigenvalue weighted by atomic mass is 19.1. The van der Waals surface area contributed by atoms with Crippen molar-refractivity contribution in [2.45, 2.75) is 12.8 Å². The quantitative estimate of drug-likeness (QED) is 0.610.